The highest BCUT2D eigenvalue weighted by Crippen LogP contribution is 2.08. The van der Waals surface area contributed by atoms with Crippen molar-refractivity contribution < 1.29 is 8.42 Å². The highest BCUT2D eigenvalue weighted by atomic mass is 32.2. The molecule has 0 aliphatic rings. The largest absolute Gasteiger partial charge is 0.320 e. The third kappa shape index (κ3) is 7.22. The third-order valence-corrected chi connectivity index (χ3v) is 4.88. The summed E-state index contributed by atoms with van der Waals surface area (Å²) in [7, 11) is 4.10. The molecular formula is C12H30N4O2S. The summed E-state index contributed by atoms with van der Waals surface area (Å²) < 4.78 is 27.9. The molecule has 0 amide bonds. The van der Waals surface area contributed by atoms with Gasteiger partial charge in [-0.15, -0.1) is 0 Å². The van der Waals surface area contributed by atoms with E-state index in [1.165, 1.54) is 4.31 Å². The molecule has 0 atom stereocenters. The van der Waals surface area contributed by atoms with Gasteiger partial charge in [-0.2, -0.15) is 17.0 Å². The summed E-state index contributed by atoms with van der Waals surface area (Å²) in [5.41, 5.74) is 0. The Bertz CT molecular complexity index is 320. The minimum atomic E-state index is -3.33. The van der Waals surface area contributed by atoms with Crippen LogP contribution in [0.3, 0.4) is 0 Å². The molecule has 0 aromatic carbocycles. The predicted molar refractivity (Wildman–Crippen MR) is 80.5 cm³/mol. The van der Waals surface area contributed by atoms with E-state index in [-0.39, 0.29) is 0 Å². The normalized spacial score (nSPS) is 12.8. The highest BCUT2D eigenvalue weighted by molar-refractivity contribution is 7.86. The number of rotatable bonds is 11. The van der Waals surface area contributed by atoms with E-state index in [1.807, 2.05) is 33.0 Å². The van der Waals surface area contributed by atoms with E-state index in [9.17, 15) is 8.42 Å². The van der Waals surface area contributed by atoms with Crippen molar-refractivity contribution >= 4 is 10.2 Å². The first kappa shape index (κ1) is 18.8. The number of hydrogen-bond donors (Lipinski definition) is 1. The van der Waals surface area contributed by atoms with E-state index in [1.54, 1.807) is 11.4 Å². The monoisotopic (exact) mass is 294 g/mol. The summed E-state index contributed by atoms with van der Waals surface area (Å²) in [5, 5.41) is 3.03. The van der Waals surface area contributed by atoms with Crippen molar-refractivity contribution in [1.29, 1.82) is 0 Å². The quantitative estimate of drug-likeness (QED) is 0.547. The summed E-state index contributed by atoms with van der Waals surface area (Å²) >= 11 is 0. The molecule has 0 saturated heterocycles. The first-order valence-corrected chi connectivity index (χ1v) is 8.26. The van der Waals surface area contributed by atoms with Gasteiger partial charge < -0.3 is 10.2 Å². The number of hydrogen-bond acceptors (Lipinski definition) is 4. The molecule has 0 unspecified atom stereocenters. The number of likely N-dealkylation sites (N-methyl/N-ethyl adjacent to an activating group) is 1. The average Bonchev–Trinajstić information content (AvgIpc) is 2.34. The van der Waals surface area contributed by atoms with Gasteiger partial charge in [0.05, 0.1) is 0 Å². The maximum atomic E-state index is 12.4. The Labute approximate surface area is 118 Å². The van der Waals surface area contributed by atoms with E-state index in [4.69, 9.17) is 0 Å². The molecule has 0 fully saturated rings. The van der Waals surface area contributed by atoms with Crippen molar-refractivity contribution in [3.8, 4) is 0 Å². The second-order valence-corrected chi connectivity index (χ2v) is 7.02. The molecule has 0 bridgehead atoms. The van der Waals surface area contributed by atoms with Crippen LogP contribution in [-0.2, 0) is 10.2 Å². The molecular weight excluding hydrogens is 264 g/mol. The van der Waals surface area contributed by atoms with Crippen LogP contribution in [0.4, 0.5) is 0 Å². The van der Waals surface area contributed by atoms with Crippen LogP contribution < -0.4 is 5.32 Å². The lowest BCUT2D eigenvalue weighted by Gasteiger charge is -2.28. The molecule has 1 N–H and O–H groups in total. The van der Waals surface area contributed by atoms with Crippen molar-refractivity contribution in [2.24, 2.45) is 0 Å². The Kier molecular flexibility index (Phi) is 9.55. The lowest BCUT2D eigenvalue weighted by atomic mass is 10.4. The van der Waals surface area contributed by atoms with Crippen molar-refractivity contribution in [2.75, 3.05) is 60.9 Å². The number of nitrogens with zero attached hydrogens (tertiary/aromatic N) is 3. The van der Waals surface area contributed by atoms with E-state index in [2.05, 4.69) is 5.32 Å². The fourth-order valence-electron chi connectivity index (χ4n) is 1.69. The number of nitrogens with one attached hydrogen (secondary N) is 1. The van der Waals surface area contributed by atoms with Crippen LogP contribution in [0.15, 0.2) is 0 Å². The van der Waals surface area contributed by atoms with Crippen LogP contribution in [0.2, 0.25) is 0 Å². The summed E-state index contributed by atoms with van der Waals surface area (Å²) in [4.78, 5) is 2.00. The van der Waals surface area contributed by atoms with Gasteiger partial charge in [0.2, 0.25) is 0 Å². The summed E-state index contributed by atoms with van der Waals surface area (Å²) in [5.74, 6) is 0. The SMILES string of the molecule is CCCN(CCN(C)C)S(=O)(=O)N(C)CCCNC. The lowest BCUT2D eigenvalue weighted by molar-refractivity contribution is 0.311. The van der Waals surface area contributed by atoms with Crippen LogP contribution in [0, 0.1) is 0 Å². The highest BCUT2D eigenvalue weighted by Gasteiger charge is 2.25. The minimum Gasteiger partial charge on any atom is -0.320 e. The second kappa shape index (κ2) is 9.66. The van der Waals surface area contributed by atoms with Crippen LogP contribution in [0.5, 0.6) is 0 Å². The van der Waals surface area contributed by atoms with E-state index in [0.717, 1.165) is 25.9 Å². The van der Waals surface area contributed by atoms with Crippen LogP contribution in [-0.4, -0.2) is 82.8 Å². The zero-order chi connectivity index (χ0) is 14.9. The van der Waals surface area contributed by atoms with Gasteiger partial charge in [0.15, 0.2) is 0 Å². The molecule has 0 radical (unpaired) electrons. The predicted octanol–water partition coefficient (Wildman–Crippen LogP) is 0.0461. The Balaban J connectivity index is 4.57. The standard InChI is InChI=1S/C12H30N4O2S/c1-6-9-16(12-11-14(3)4)19(17,18)15(5)10-7-8-13-2/h13H,6-12H2,1-5H3. The van der Waals surface area contributed by atoms with Gasteiger partial charge in [0, 0.05) is 33.2 Å². The van der Waals surface area contributed by atoms with E-state index in [0.29, 0.717) is 19.6 Å². The first-order valence-electron chi connectivity index (χ1n) is 6.87. The maximum absolute atomic E-state index is 12.4. The lowest BCUT2D eigenvalue weighted by Crippen LogP contribution is -2.45. The average molecular weight is 294 g/mol. The van der Waals surface area contributed by atoms with Crippen LogP contribution >= 0.6 is 0 Å². The van der Waals surface area contributed by atoms with Gasteiger partial charge in [-0.1, -0.05) is 6.92 Å². The van der Waals surface area contributed by atoms with Gasteiger partial charge in [-0.25, -0.2) is 0 Å². The van der Waals surface area contributed by atoms with Crippen molar-refractivity contribution in [1.82, 2.24) is 18.8 Å². The zero-order valence-corrected chi connectivity index (χ0v) is 13.8. The van der Waals surface area contributed by atoms with Crippen molar-refractivity contribution in [3.05, 3.63) is 0 Å². The maximum Gasteiger partial charge on any atom is 0.281 e. The molecule has 0 spiro atoms. The summed E-state index contributed by atoms with van der Waals surface area (Å²) in [6.45, 7) is 5.23. The molecule has 19 heavy (non-hydrogen) atoms. The molecule has 6 nitrogen and oxygen atoms in total. The zero-order valence-electron chi connectivity index (χ0n) is 13.0. The smallest absolute Gasteiger partial charge is 0.281 e. The third-order valence-electron chi connectivity index (χ3n) is 2.89. The van der Waals surface area contributed by atoms with E-state index < -0.39 is 10.2 Å². The molecule has 0 aliphatic heterocycles. The molecule has 0 rings (SSSR count). The van der Waals surface area contributed by atoms with Crippen LogP contribution in [0.25, 0.3) is 0 Å². The molecule has 0 aromatic heterocycles. The Morgan fingerprint density at radius 3 is 2.11 bits per heavy atom. The van der Waals surface area contributed by atoms with Crippen molar-refractivity contribution in [3.63, 3.8) is 0 Å². The summed E-state index contributed by atoms with van der Waals surface area (Å²) in [6.07, 6.45) is 1.65. The first-order chi connectivity index (χ1) is 8.86. The van der Waals surface area contributed by atoms with Gasteiger partial charge in [0.1, 0.15) is 0 Å². The second-order valence-electron chi connectivity index (χ2n) is 4.99. The van der Waals surface area contributed by atoms with Crippen LogP contribution in [0.1, 0.15) is 19.8 Å². The minimum absolute atomic E-state index is 0.541. The molecule has 0 aromatic rings. The molecule has 0 saturated carbocycles. The Hall–Kier alpha value is -0.210. The van der Waals surface area contributed by atoms with Gasteiger partial charge in [0.25, 0.3) is 10.2 Å². The molecule has 0 aliphatic carbocycles. The summed E-state index contributed by atoms with van der Waals surface area (Å²) in [6, 6.07) is 0. The Morgan fingerprint density at radius 1 is 1.00 bits per heavy atom. The topological polar surface area (TPSA) is 55.9 Å². The van der Waals surface area contributed by atoms with Gasteiger partial charge >= 0.3 is 0 Å². The Morgan fingerprint density at radius 2 is 1.63 bits per heavy atom. The van der Waals surface area contributed by atoms with Crippen molar-refractivity contribution in [2.45, 2.75) is 19.8 Å². The van der Waals surface area contributed by atoms with Gasteiger partial charge in [-0.05, 0) is 40.5 Å². The van der Waals surface area contributed by atoms with E-state index >= 15 is 0 Å². The molecule has 7 heteroatoms. The molecule has 116 valence electrons. The fourth-order valence-corrected chi connectivity index (χ4v) is 3.17. The van der Waals surface area contributed by atoms with Gasteiger partial charge in [-0.3, -0.25) is 0 Å². The fraction of sp³-hybridized carbons (Fsp3) is 1.00. The molecule has 0 heterocycles.